The molecule has 2 aromatic carbocycles. The van der Waals surface area contributed by atoms with Crippen molar-refractivity contribution >= 4 is 39.0 Å². The summed E-state index contributed by atoms with van der Waals surface area (Å²) in [6.07, 6.45) is 2.03. The number of rotatable bonds is 5. The summed E-state index contributed by atoms with van der Waals surface area (Å²) in [5.74, 6) is 1.25. The molecule has 2 aromatic heterocycles. The average Bonchev–Trinajstić information content (AvgIpc) is 3.27. The predicted octanol–water partition coefficient (Wildman–Crippen LogP) is 4.65. The van der Waals surface area contributed by atoms with E-state index in [1.165, 1.54) is 18.0 Å². The van der Waals surface area contributed by atoms with Crippen LogP contribution in [-0.2, 0) is 11.2 Å². The van der Waals surface area contributed by atoms with Crippen LogP contribution in [0.5, 0.6) is 0 Å². The molecule has 0 amide bonds. The van der Waals surface area contributed by atoms with Crippen molar-refractivity contribution in [1.82, 2.24) is 9.66 Å². The molecule has 8 heteroatoms. The molecule has 0 bridgehead atoms. The van der Waals surface area contributed by atoms with Crippen molar-refractivity contribution in [3.63, 3.8) is 0 Å². The molecule has 4 aromatic rings. The molecule has 0 fully saturated rings. The average molecular weight is 480 g/mol. The molecular formula is C23H18BrN3O4. The third-order valence-electron chi connectivity index (χ3n) is 4.71. The third kappa shape index (κ3) is 4.20. The van der Waals surface area contributed by atoms with Crippen LogP contribution >= 0.6 is 15.9 Å². The number of halogens is 1. The van der Waals surface area contributed by atoms with Crippen LogP contribution in [0.2, 0.25) is 0 Å². The Morgan fingerprint density at radius 2 is 1.97 bits per heavy atom. The van der Waals surface area contributed by atoms with Crippen LogP contribution in [0.15, 0.2) is 73.4 Å². The number of benzene rings is 2. The zero-order chi connectivity index (χ0) is 22.0. The van der Waals surface area contributed by atoms with E-state index in [1.807, 2.05) is 13.0 Å². The molecule has 0 aliphatic heterocycles. The van der Waals surface area contributed by atoms with E-state index < -0.39 is 5.97 Å². The zero-order valence-electron chi connectivity index (χ0n) is 16.8. The van der Waals surface area contributed by atoms with Crippen molar-refractivity contribution in [3.8, 4) is 11.3 Å². The maximum Gasteiger partial charge on any atom is 0.337 e. The van der Waals surface area contributed by atoms with Crippen LogP contribution in [0, 0.1) is 0 Å². The first-order valence-corrected chi connectivity index (χ1v) is 10.3. The Balaban J connectivity index is 1.65. The van der Waals surface area contributed by atoms with Gasteiger partial charge in [0.1, 0.15) is 17.3 Å². The summed E-state index contributed by atoms with van der Waals surface area (Å²) in [6, 6.07) is 15.8. The molecule has 4 rings (SSSR count). The smallest absolute Gasteiger partial charge is 0.337 e. The minimum Gasteiger partial charge on any atom is -0.465 e. The van der Waals surface area contributed by atoms with Gasteiger partial charge in [-0.2, -0.15) is 9.78 Å². The Hall–Kier alpha value is -3.52. The van der Waals surface area contributed by atoms with Gasteiger partial charge in [-0.15, -0.1) is 0 Å². The quantitative estimate of drug-likeness (QED) is 0.307. The molecule has 0 aliphatic rings. The summed E-state index contributed by atoms with van der Waals surface area (Å²) >= 11 is 3.39. The molecule has 0 aliphatic carbocycles. The number of nitrogens with zero attached hydrogens (tertiary/aromatic N) is 3. The van der Waals surface area contributed by atoms with Crippen molar-refractivity contribution in [3.05, 3.63) is 86.6 Å². The second-order valence-electron chi connectivity index (χ2n) is 6.68. The number of ether oxygens (including phenoxy) is 1. The number of furan rings is 1. The number of carbonyl (C=O) groups excluding carboxylic acids is 1. The van der Waals surface area contributed by atoms with Gasteiger partial charge in [0.25, 0.3) is 5.56 Å². The van der Waals surface area contributed by atoms with Crippen molar-refractivity contribution in [2.75, 3.05) is 7.11 Å². The number of esters is 1. The molecule has 156 valence electrons. The number of aromatic nitrogens is 2. The molecule has 0 saturated heterocycles. The molecule has 0 unspecified atom stereocenters. The van der Waals surface area contributed by atoms with Gasteiger partial charge in [-0.1, -0.05) is 35.0 Å². The van der Waals surface area contributed by atoms with Gasteiger partial charge >= 0.3 is 5.97 Å². The minimum atomic E-state index is -0.396. The molecule has 0 saturated carbocycles. The van der Waals surface area contributed by atoms with Gasteiger partial charge < -0.3 is 9.15 Å². The maximum atomic E-state index is 12.9. The summed E-state index contributed by atoms with van der Waals surface area (Å²) in [4.78, 5) is 29.1. The Morgan fingerprint density at radius 1 is 1.19 bits per heavy atom. The highest BCUT2D eigenvalue weighted by Gasteiger charge is 2.11. The molecule has 0 spiro atoms. The van der Waals surface area contributed by atoms with Crippen LogP contribution in [0.1, 0.15) is 28.9 Å². The number of methoxy groups -OCH3 is 1. The van der Waals surface area contributed by atoms with E-state index in [4.69, 9.17) is 9.15 Å². The second-order valence-corrected chi connectivity index (χ2v) is 7.59. The highest BCUT2D eigenvalue weighted by molar-refractivity contribution is 9.10. The Labute approximate surface area is 186 Å². The van der Waals surface area contributed by atoms with Gasteiger partial charge in [-0.25, -0.2) is 9.78 Å². The molecule has 0 radical (unpaired) electrons. The van der Waals surface area contributed by atoms with Gasteiger partial charge in [0.2, 0.25) is 0 Å². The molecule has 2 heterocycles. The van der Waals surface area contributed by atoms with Crippen molar-refractivity contribution in [1.29, 1.82) is 0 Å². The lowest BCUT2D eigenvalue weighted by molar-refractivity contribution is 0.0600. The van der Waals surface area contributed by atoms with Crippen LogP contribution in [0.25, 0.3) is 22.2 Å². The summed E-state index contributed by atoms with van der Waals surface area (Å²) in [5, 5.41) is 4.81. The lowest BCUT2D eigenvalue weighted by atomic mass is 10.1. The number of aryl methyl sites for hydroxylation is 1. The summed E-state index contributed by atoms with van der Waals surface area (Å²) < 4.78 is 12.6. The van der Waals surface area contributed by atoms with Gasteiger partial charge in [-0.3, -0.25) is 4.79 Å². The van der Waals surface area contributed by atoms with Crippen LogP contribution < -0.4 is 5.56 Å². The normalized spacial score (nSPS) is 11.3. The molecular weight excluding hydrogens is 462 g/mol. The monoisotopic (exact) mass is 479 g/mol. The van der Waals surface area contributed by atoms with E-state index in [-0.39, 0.29) is 5.56 Å². The zero-order valence-corrected chi connectivity index (χ0v) is 18.4. The molecule has 7 nitrogen and oxygen atoms in total. The number of carbonyl (C=O) groups is 1. The minimum absolute atomic E-state index is 0.246. The van der Waals surface area contributed by atoms with E-state index in [1.54, 1.807) is 48.5 Å². The van der Waals surface area contributed by atoms with Crippen LogP contribution in [0.3, 0.4) is 0 Å². The number of hydrogen-bond donors (Lipinski definition) is 0. The molecule has 0 atom stereocenters. The Bertz CT molecular complexity index is 1350. The maximum absolute atomic E-state index is 12.9. The molecule has 0 N–H and O–H groups in total. The fraction of sp³-hybridized carbons (Fsp3) is 0.130. The first-order valence-electron chi connectivity index (χ1n) is 9.54. The second kappa shape index (κ2) is 8.69. The van der Waals surface area contributed by atoms with Crippen LogP contribution in [-0.4, -0.2) is 29.0 Å². The fourth-order valence-electron chi connectivity index (χ4n) is 3.12. The first kappa shape index (κ1) is 20.7. The van der Waals surface area contributed by atoms with Gasteiger partial charge in [0, 0.05) is 16.5 Å². The van der Waals surface area contributed by atoms with Gasteiger partial charge in [-0.05, 0) is 42.5 Å². The van der Waals surface area contributed by atoms with Crippen molar-refractivity contribution in [2.45, 2.75) is 13.3 Å². The van der Waals surface area contributed by atoms with E-state index in [0.29, 0.717) is 40.2 Å². The number of hydrogen-bond acceptors (Lipinski definition) is 6. The largest absolute Gasteiger partial charge is 0.465 e. The topological polar surface area (TPSA) is 86.7 Å². The Morgan fingerprint density at radius 3 is 2.68 bits per heavy atom. The SMILES string of the molecule is CCc1nc2ccc(Br)cc2c(=O)n1N=Cc1ccc(-c2ccc(C(=O)OC)cc2)o1. The summed E-state index contributed by atoms with van der Waals surface area (Å²) in [7, 11) is 1.34. The van der Waals surface area contributed by atoms with Gasteiger partial charge in [0.05, 0.1) is 29.8 Å². The van der Waals surface area contributed by atoms with Crippen molar-refractivity contribution in [2.24, 2.45) is 5.10 Å². The van der Waals surface area contributed by atoms with E-state index in [9.17, 15) is 9.59 Å². The first-order chi connectivity index (χ1) is 15.0. The fourth-order valence-corrected chi connectivity index (χ4v) is 3.48. The standard InChI is InChI=1S/C23H18BrN3O4/c1-3-21-26-19-10-8-16(24)12-18(19)22(28)27(21)25-13-17-9-11-20(31-17)14-4-6-15(7-5-14)23(29)30-2/h4-13H,3H2,1-2H3. The van der Waals surface area contributed by atoms with Crippen LogP contribution in [0.4, 0.5) is 0 Å². The Kier molecular flexibility index (Phi) is 5.81. The summed E-state index contributed by atoms with van der Waals surface area (Å²) in [6.45, 7) is 1.92. The van der Waals surface area contributed by atoms with E-state index in [0.717, 1.165) is 10.0 Å². The third-order valence-corrected chi connectivity index (χ3v) is 5.20. The number of fused-ring (bicyclic) bond motifs is 1. The highest BCUT2D eigenvalue weighted by Crippen LogP contribution is 2.22. The highest BCUT2D eigenvalue weighted by atomic mass is 79.9. The predicted molar refractivity (Wildman–Crippen MR) is 122 cm³/mol. The van der Waals surface area contributed by atoms with E-state index >= 15 is 0 Å². The van der Waals surface area contributed by atoms with E-state index in [2.05, 4.69) is 26.0 Å². The summed E-state index contributed by atoms with van der Waals surface area (Å²) in [5.41, 5.74) is 1.65. The lowest BCUT2D eigenvalue weighted by Crippen LogP contribution is -2.22. The molecule has 31 heavy (non-hydrogen) atoms. The van der Waals surface area contributed by atoms with Crippen molar-refractivity contribution < 1.29 is 13.9 Å². The lowest BCUT2D eigenvalue weighted by Gasteiger charge is -2.07. The van der Waals surface area contributed by atoms with Gasteiger partial charge in [0.15, 0.2) is 0 Å².